The Kier molecular flexibility index (Phi) is 4.33. The van der Waals surface area contributed by atoms with Crippen LogP contribution in [-0.4, -0.2) is 35.8 Å². The SMILES string of the molecule is O=C(O)Cc1csc(NCCOCC2CC2)n1. The van der Waals surface area contributed by atoms with Crippen LogP contribution in [0.4, 0.5) is 5.13 Å². The van der Waals surface area contributed by atoms with Crippen LogP contribution in [0.25, 0.3) is 0 Å². The molecule has 0 amide bonds. The summed E-state index contributed by atoms with van der Waals surface area (Å²) in [6.07, 6.45) is 2.59. The monoisotopic (exact) mass is 256 g/mol. The molecule has 5 nitrogen and oxygen atoms in total. The second kappa shape index (κ2) is 5.97. The fourth-order valence-corrected chi connectivity index (χ4v) is 2.13. The largest absolute Gasteiger partial charge is 0.481 e. The van der Waals surface area contributed by atoms with Crippen molar-refractivity contribution in [1.29, 1.82) is 0 Å². The van der Waals surface area contributed by atoms with Gasteiger partial charge in [0.25, 0.3) is 0 Å². The highest BCUT2D eigenvalue weighted by molar-refractivity contribution is 7.13. The number of hydrogen-bond acceptors (Lipinski definition) is 5. The third-order valence-electron chi connectivity index (χ3n) is 2.46. The normalized spacial score (nSPS) is 14.8. The number of carboxylic acid groups (broad SMARTS) is 1. The maximum Gasteiger partial charge on any atom is 0.309 e. The minimum atomic E-state index is -0.852. The van der Waals surface area contributed by atoms with Crippen molar-refractivity contribution in [1.82, 2.24) is 4.98 Å². The van der Waals surface area contributed by atoms with Crippen molar-refractivity contribution in [3.8, 4) is 0 Å². The first-order valence-corrected chi connectivity index (χ1v) is 6.60. The lowest BCUT2D eigenvalue weighted by atomic mass is 10.3. The molecule has 0 unspecified atom stereocenters. The number of ether oxygens (including phenoxy) is 1. The zero-order chi connectivity index (χ0) is 12.1. The summed E-state index contributed by atoms with van der Waals surface area (Å²) in [5.74, 6) is -0.0633. The Morgan fingerprint density at radius 1 is 1.65 bits per heavy atom. The van der Waals surface area contributed by atoms with Gasteiger partial charge >= 0.3 is 5.97 Å². The highest BCUT2D eigenvalue weighted by atomic mass is 32.1. The van der Waals surface area contributed by atoms with Gasteiger partial charge in [-0.25, -0.2) is 4.98 Å². The van der Waals surface area contributed by atoms with E-state index in [9.17, 15) is 4.79 Å². The molecule has 0 spiro atoms. The van der Waals surface area contributed by atoms with Gasteiger partial charge in [0.2, 0.25) is 0 Å². The summed E-state index contributed by atoms with van der Waals surface area (Å²) in [5, 5.41) is 14.3. The Morgan fingerprint density at radius 3 is 3.18 bits per heavy atom. The van der Waals surface area contributed by atoms with Crippen LogP contribution in [0.15, 0.2) is 5.38 Å². The van der Waals surface area contributed by atoms with Crippen LogP contribution in [0.1, 0.15) is 18.5 Å². The highest BCUT2D eigenvalue weighted by Crippen LogP contribution is 2.28. The Hall–Kier alpha value is -1.14. The molecule has 1 aromatic heterocycles. The van der Waals surface area contributed by atoms with Gasteiger partial charge in [-0.2, -0.15) is 0 Å². The number of rotatable bonds is 8. The Labute approximate surface area is 104 Å². The van der Waals surface area contributed by atoms with E-state index in [4.69, 9.17) is 9.84 Å². The summed E-state index contributed by atoms with van der Waals surface area (Å²) >= 11 is 1.43. The lowest BCUT2D eigenvalue weighted by molar-refractivity contribution is -0.136. The molecule has 0 atom stereocenters. The van der Waals surface area contributed by atoms with Crippen molar-refractivity contribution in [3.05, 3.63) is 11.1 Å². The maximum atomic E-state index is 10.5. The van der Waals surface area contributed by atoms with E-state index in [0.29, 0.717) is 18.8 Å². The standard InChI is InChI=1S/C11H16N2O3S/c14-10(15)5-9-7-17-11(13-9)12-3-4-16-6-8-1-2-8/h7-8H,1-6H2,(H,12,13)(H,14,15). The Balaban J connectivity index is 1.60. The van der Waals surface area contributed by atoms with E-state index < -0.39 is 5.97 Å². The van der Waals surface area contributed by atoms with Crippen molar-refractivity contribution in [2.45, 2.75) is 19.3 Å². The van der Waals surface area contributed by atoms with Crippen molar-refractivity contribution in [2.75, 3.05) is 25.1 Å². The average molecular weight is 256 g/mol. The van der Waals surface area contributed by atoms with Crippen LogP contribution in [0, 0.1) is 5.92 Å². The first-order chi connectivity index (χ1) is 8.24. The van der Waals surface area contributed by atoms with Crippen molar-refractivity contribution >= 4 is 22.4 Å². The zero-order valence-corrected chi connectivity index (χ0v) is 10.3. The minimum absolute atomic E-state index is 0.0175. The molecule has 0 aromatic carbocycles. The number of carboxylic acids is 1. The van der Waals surface area contributed by atoms with Gasteiger partial charge in [0, 0.05) is 18.5 Å². The topological polar surface area (TPSA) is 71.5 Å². The molecule has 1 aliphatic rings. The van der Waals surface area contributed by atoms with E-state index in [1.807, 2.05) is 0 Å². The lowest BCUT2D eigenvalue weighted by Crippen LogP contribution is -2.10. The van der Waals surface area contributed by atoms with Crippen molar-refractivity contribution < 1.29 is 14.6 Å². The lowest BCUT2D eigenvalue weighted by Gasteiger charge is -2.03. The molecule has 1 aliphatic carbocycles. The predicted octanol–water partition coefficient (Wildman–Crippen LogP) is 1.61. The summed E-state index contributed by atoms with van der Waals surface area (Å²) in [6.45, 7) is 2.25. The van der Waals surface area contributed by atoms with Gasteiger partial charge in [0.05, 0.1) is 18.7 Å². The molecule has 2 N–H and O–H groups in total. The summed E-state index contributed by atoms with van der Waals surface area (Å²) in [6, 6.07) is 0. The van der Waals surface area contributed by atoms with Gasteiger partial charge in [-0.1, -0.05) is 0 Å². The number of nitrogens with one attached hydrogen (secondary N) is 1. The van der Waals surface area contributed by atoms with E-state index in [1.54, 1.807) is 5.38 Å². The molecule has 17 heavy (non-hydrogen) atoms. The Morgan fingerprint density at radius 2 is 2.47 bits per heavy atom. The third-order valence-corrected chi connectivity index (χ3v) is 3.31. The number of anilines is 1. The second-order valence-electron chi connectivity index (χ2n) is 4.16. The molecule has 1 saturated carbocycles. The molecular formula is C11H16N2O3S. The summed E-state index contributed by atoms with van der Waals surface area (Å²) in [7, 11) is 0. The maximum absolute atomic E-state index is 10.5. The predicted molar refractivity (Wildman–Crippen MR) is 65.5 cm³/mol. The number of carbonyl (C=O) groups is 1. The number of aromatic nitrogens is 1. The molecule has 1 aromatic rings. The number of nitrogens with zero attached hydrogens (tertiary/aromatic N) is 1. The molecule has 6 heteroatoms. The summed E-state index contributed by atoms with van der Waals surface area (Å²) in [5.41, 5.74) is 0.601. The van der Waals surface area contributed by atoms with Gasteiger partial charge in [0.15, 0.2) is 5.13 Å². The van der Waals surface area contributed by atoms with Gasteiger partial charge < -0.3 is 15.2 Å². The molecule has 1 fully saturated rings. The summed E-state index contributed by atoms with van der Waals surface area (Å²) in [4.78, 5) is 14.6. The summed E-state index contributed by atoms with van der Waals surface area (Å²) < 4.78 is 5.47. The van der Waals surface area contributed by atoms with Crippen LogP contribution in [0.5, 0.6) is 0 Å². The number of hydrogen-bond donors (Lipinski definition) is 2. The molecule has 0 radical (unpaired) electrons. The number of thiazole rings is 1. The second-order valence-corrected chi connectivity index (χ2v) is 5.02. The first-order valence-electron chi connectivity index (χ1n) is 5.72. The molecule has 0 aliphatic heterocycles. The molecule has 1 heterocycles. The quantitative estimate of drug-likeness (QED) is 0.691. The average Bonchev–Trinajstić information content (AvgIpc) is 2.99. The van der Waals surface area contributed by atoms with Crippen LogP contribution < -0.4 is 5.32 Å². The molecule has 0 bridgehead atoms. The Bertz CT molecular complexity index is 377. The molecule has 2 rings (SSSR count). The fourth-order valence-electron chi connectivity index (χ4n) is 1.39. The van der Waals surface area contributed by atoms with Gasteiger partial charge in [-0.15, -0.1) is 11.3 Å². The van der Waals surface area contributed by atoms with Crippen LogP contribution in [0.3, 0.4) is 0 Å². The van der Waals surface area contributed by atoms with E-state index in [1.165, 1.54) is 24.2 Å². The number of aliphatic carboxylic acids is 1. The smallest absolute Gasteiger partial charge is 0.309 e. The minimum Gasteiger partial charge on any atom is -0.481 e. The zero-order valence-electron chi connectivity index (χ0n) is 9.52. The first kappa shape index (κ1) is 12.3. The van der Waals surface area contributed by atoms with Gasteiger partial charge in [-0.05, 0) is 18.8 Å². The van der Waals surface area contributed by atoms with Crippen LogP contribution in [-0.2, 0) is 16.0 Å². The third kappa shape index (κ3) is 4.70. The molecule has 94 valence electrons. The van der Waals surface area contributed by atoms with Crippen LogP contribution >= 0.6 is 11.3 Å². The van der Waals surface area contributed by atoms with E-state index in [2.05, 4.69) is 10.3 Å². The van der Waals surface area contributed by atoms with Crippen LogP contribution in [0.2, 0.25) is 0 Å². The van der Waals surface area contributed by atoms with Gasteiger partial charge in [-0.3, -0.25) is 4.79 Å². The van der Waals surface area contributed by atoms with E-state index in [-0.39, 0.29) is 6.42 Å². The highest BCUT2D eigenvalue weighted by Gasteiger charge is 2.20. The van der Waals surface area contributed by atoms with Crippen molar-refractivity contribution in [2.24, 2.45) is 5.92 Å². The van der Waals surface area contributed by atoms with Crippen molar-refractivity contribution in [3.63, 3.8) is 0 Å². The van der Waals surface area contributed by atoms with E-state index in [0.717, 1.165) is 17.7 Å². The molecular weight excluding hydrogens is 240 g/mol. The van der Waals surface area contributed by atoms with Gasteiger partial charge in [0.1, 0.15) is 0 Å². The van der Waals surface area contributed by atoms with E-state index >= 15 is 0 Å². The fraction of sp³-hybridized carbons (Fsp3) is 0.636. The molecule has 0 saturated heterocycles.